The van der Waals surface area contributed by atoms with Crippen LogP contribution in [0.5, 0.6) is 5.75 Å². The largest absolute Gasteiger partial charge is 0.507 e. The lowest BCUT2D eigenvalue weighted by Gasteiger charge is -2.26. The van der Waals surface area contributed by atoms with Crippen molar-refractivity contribution in [3.8, 4) is 5.75 Å². The van der Waals surface area contributed by atoms with E-state index in [1.807, 2.05) is 32.0 Å². The first-order valence-corrected chi connectivity index (χ1v) is 11.3. The van der Waals surface area contributed by atoms with Crippen LogP contribution >= 0.6 is 23.2 Å². The second kappa shape index (κ2) is 9.49. The third-order valence-electron chi connectivity index (χ3n) is 5.88. The highest BCUT2D eigenvalue weighted by Gasteiger charge is 2.46. The van der Waals surface area contributed by atoms with Crippen LogP contribution in [0.4, 0.5) is 0 Å². The molecular weight excluding hydrogens is 475 g/mol. The summed E-state index contributed by atoms with van der Waals surface area (Å²) in [5, 5.41) is 11.6. The van der Waals surface area contributed by atoms with Gasteiger partial charge in [0.25, 0.3) is 11.7 Å². The molecule has 174 valence electrons. The number of hydrogen-bond donors (Lipinski definition) is 1. The Morgan fingerprint density at radius 3 is 2.32 bits per heavy atom. The summed E-state index contributed by atoms with van der Waals surface area (Å²) < 4.78 is 5.17. The number of Topliss-reactive ketones (excluding diaryl/α,β-unsaturated/α-hetero) is 1. The van der Waals surface area contributed by atoms with Crippen LogP contribution in [0.25, 0.3) is 5.76 Å². The highest BCUT2D eigenvalue weighted by atomic mass is 35.5. The lowest BCUT2D eigenvalue weighted by Crippen LogP contribution is -2.29. The lowest BCUT2D eigenvalue weighted by molar-refractivity contribution is -0.140. The Morgan fingerprint density at radius 1 is 1.06 bits per heavy atom. The van der Waals surface area contributed by atoms with Gasteiger partial charge in [0.2, 0.25) is 0 Å². The van der Waals surface area contributed by atoms with Gasteiger partial charge in [-0.15, -0.1) is 0 Å². The summed E-state index contributed by atoms with van der Waals surface area (Å²) in [6, 6.07) is 11.5. The molecule has 1 aliphatic heterocycles. The van der Waals surface area contributed by atoms with E-state index in [1.54, 1.807) is 24.5 Å². The van der Waals surface area contributed by atoms with E-state index in [0.29, 0.717) is 5.56 Å². The number of aliphatic hydroxyl groups is 1. The molecule has 1 N–H and O–H groups in total. The minimum absolute atomic E-state index is 0.0428. The van der Waals surface area contributed by atoms with Crippen LogP contribution in [0.2, 0.25) is 10.0 Å². The summed E-state index contributed by atoms with van der Waals surface area (Å²) in [5.74, 6) is -1.60. The zero-order valence-electron chi connectivity index (χ0n) is 18.8. The Labute approximate surface area is 207 Å². The van der Waals surface area contributed by atoms with Gasteiger partial charge in [0, 0.05) is 24.5 Å². The number of aromatic nitrogens is 1. The number of amides is 1. The van der Waals surface area contributed by atoms with Crippen molar-refractivity contribution in [2.24, 2.45) is 0 Å². The molecule has 1 amide bonds. The number of likely N-dealkylation sites (tertiary alicyclic amines) is 1. The molecule has 4 rings (SSSR count). The molecule has 2 aromatic carbocycles. The number of ketones is 1. The van der Waals surface area contributed by atoms with E-state index in [9.17, 15) is 14.7 Å². The van der Waals surface area contributed by atoms with Gasteiger partial charge in [0.1, 0.15) is 5.76 Å². The topological polar surface area (TPSA) is 79.7 Å². The first-order valence-electron chi connectivity index (χ1n) is 10.5. The van der Waals surface area contributed by atoms with Crippen molar-refractivity contribution in [3.05, 3.63) is 98.3 Å². The molecule has 1 aliphatic rings. The SMILES string of the molecule is COc1c(Cl)cc(/C(O)=C2\C(=O)C(=O)N(Cc3cc(C)ccc3C)C2c2ccncc2)cc1Cl. The number of nitrogens with zero attached hydrogens (tertiary/aromatic N) is 2. The van der Waals surface area contributed by atoms with Crippen LogP contribution in [0.3, 0.4) is 0 Å². The quantitative estimate of drug-likeness (QED) is 0.281. The van der Waals surface area contributed by atoms with Crippen molar-refractivity contribution in [1.82, 2.24) is 9.88 Å². The van der Waals surface area contributed by atoms with Crippen molar-refractivity contribution in [1.29, 1.82) is 0 Å². The Morgan fingerprint density at radius 2 is 1.71 bits per heavy atom. The van der Waals surface area contributed by atoms with E-state index in [4.69, 9.17) is 27.9 Å². The maximum absolute atomic E-state index is 13.2. The van der Waals surface area contributed by atoms with Gasteiger partial charge in [-0.3, -0.25) is 14.6 Å². The highest BCUT2D eigenvalue weighted by molar-refractivity contribution is 6.46. The molecule has 0 spiro atoms. The molecule has 34 heavy (non-hydrogen) atoms. The van der Waals surface area contributed by atoms with Crippen LogP contribution in [-0.2, 0) is 16.1 Å². The van der Waals surface area contributed by atoms with Crippen LogP contribution in [-0.4, -0.2) is 33.8 Å². The number of benzene rings is 2. The molecule has 2 heterocycles. The fourth-order valence-electron chi connectivity index (χ4n) is 4.14. The minimum atomic E-state index is -0.817. The number of carbonyl (C=O) groups is 2. The van der Waals surface area contributed by atoms with Crippen molar-refractivity contribution in [2.45, 2.75) is 26.4 Å². The van der Waals surface area contributed by atoms with Gasteiger partial charge in [-0.05, 0) is 54.8 Å². The summed E-state index contributed by atoms with van der Waals surface area (Å²) in [4.78, 5) is 32.0. The molecule has 0 saturated carbocycles. The van der Waals surface area contributed by atoms with Crippen molar-refractivity contribution >= 4 is 40.7 Å². The van der Waals surface area contributed by atoms with Gasteiger partial charge < -0.3 is 14.7 Å². The van der Waals surface area contributed by atoms with E-state index < -0.39 is 17.7 Å². The molecule has 1 aromatic heterocycles. The number of aliphatic hydroxyl groups excluding tert-OH is 1. The van der Waals surface area contributed by atoms with Gasteiger partial charge >= 0.3 is 0 Å². The predicted molar refractivity (Wildman–Crippen MR) is 131 cm³/mol. The number of methoxy groups -OCH3 is 1. The monoisotopic (exact) mass is 496 g/mol. The minimum Gasteiger partial charge on any atom is -0.507 e. The lowest BCUT2D eigenvalue weighted by atomic mass is 9.95. The predicted octanol–water partition coefficient (Wildman–Crippen LogP) is 5.64. The third kappa shape index (κ3) is 4.27. The summed E-state index contributed by atoms with van der Waals surface area (Å²) in [6.07, 6.45) is 3.16. The fraction of sp³-hybridized carbons (Fsp3) is 0.192. The molecule has 0 aliphatic carbocycles. The molecule has 1 atom stereocenters. The van der Waals surface area contributed by atoms with E-state index in [1.165, 1.54) is 24.1 Å². The van der Waals surface area contributed by atoms with E-state index >= 15 is 0 Å². The van der Waals surface area contributed by atoms with Crippen molar-refractivity contribution in [3.63, 3.8) is 0 Å². The van der Waals surface area contributed by atoms with E-state index in [0.717, 1.165) is 16.7 Å². The van der Waals surface area contributed by atoms with Crippen molar-refractivity contribution in [2.75, 3.05) is 7.11 Å². The Bertz CT molecular complexity index is 1300. The number of hydrogen-bond acceptors (Lipinski definition) is 5. The molecule has 0 radical (unpaired) electrons. The zero-order valence-corrected chi connectivity index (χ0v) is 20.3. The van der Waals surface area contributed by atoms with E-state index in [2.05, 4.69) is 4.98 Å². The number of ether oxygens (including phenoxy) is 1. The Balaban J connectivity index is 1.89. The van der Waals surface area contributed by atoms with Crippen LogP contribution in [0, 0.1) is 13.8 Å². The normalized spacial score (nSPS) is 17.3. The standard InChI is InChI=1S/C26H22Cl2N2O4/c1-14-4-5-15(2)18(10-14)13-30-22(16-6-8-29-9-7-16)21(24(32)26(30)33)23(31)17-11-19(27)25(34-3)20(28)12-17/h4-12,22,31H,13H2,1-3H3/b23-21+. The molecule has 1 saturated heterocycles. The number of halogens is 2. The van der Waals surface area contributed by atoms with Gasteiger partial charge in [-0.2, -0.15) is 0 Å². The Kier molecular flexibility index (Phi) is 6.64. The summed E-state index contributed by atoms with van der Waals surface area (Å²) >= 11 is 12.5. The van der Waals surface area contributed by atoms with Crippen LogP contribution in [0.1, 0.15) is 33.9 Å². The number of carbonyl (C=O) groups excluding carboxylic acids is 2. The zero-order chi connectivity index (χ0) is 24.6. The number of rotatable bonds is 5. The molecule has 1 unspecified atom stereocenters. The molecule has 8 heteroatoms. The molecular formula is C26H22Cl2N2O4. The average molecular weight is 497 g/mol. The third-order valence-corrected chi connectivity index (χ3v) is 6.44. The highest BCUT2D eigenvalue weighted by Crippen LogP contribution is 2.42. The molecule has 1 fully saturated rings. The smallest absolute Gasteiger partial charge is 0.295 e. The van der Waals surface area contributed by atoms with Gasteiger partial charge in [0.15, 0.2) is 5.75 Å². The van der Waals surface area contributed by atoms with E-state index in [-0.39, 0.29) is 39.2 Å². The first kappa shape index (κ1) is 23.8. The van der Waals surface area contributed by atoms with Crippen LogP contribution in [0.15, 0.2) is 60.4 Å². The van der Waals surface area contributed by atoms with Gasteiger partial charge in [-0.25, -0.2) is 0 Å². The average Bonchev–Trinajstić information content (AvgIpc) is 3.06. The second-order valence-corrected chi connectivity index (χ2v) is 8.93. The molecule has 0 bridgehead atoms. The maximum atomic E-state index is 13.2. The summed E-state index contributed by atoms with van der Waals surface area (Å²) in [7, 11) is 1.43. The number of pyridine rings is 1. The molecule has 6 nitrogen and oxygen atoms in total. The number of aryl methyl sites for hydroxylation is 2. The summed E-state index contributed by atoms with van der Waals surface area (Å²) in [5.41, 5.74) is 3.76. The fourth-order valence-corrected chi connectivity index (χ4v) is 4.78. The van der Waals surface area contributed by atoms with Crippen LogP contribution < -0.4 is 4.74 Å². The van der Waals surface area contributed by atoms with Crippen molar-refractivity contribution < 1.29 is 19.4 Å². The molecule has 3 aromatic rings. The second-order valence-electron chi connectivity index (χ2n) is 8.11. The maximum Gasteiger partial charge on any atom is 0.295 e. The Hall–Kier alpha value is -3.35. The van der Waals surface area contributed by atoms with Gasteiger partial charge in [-0.1, -0.05) is 47.0 Å². The van der Waals surface area contributed by atoms with Gasteiger partial charge in [0.05, 0.1) is 28.8 Å². The summed E-state index contributed by atoms with van der Waals surface area (Å²) in [6.45, 7) is 4.12. The first-order chi connectivity index (χ1) is 16.2.